The maximum absolute atomic E-state index is 13.0. The van der Waals surface area contributed by atoms with Gasteiger partial charge in [0.15, 0.2) is 17.1 Å². The molecular formula is C24H24N2O4. The van der Waals surface area contributed by atoms with Gasteiger partial charge in [-0.05, 0) is 41.8 Å². The maximum Gasteiger partial charge on any atom is 0.281 e. The summed E-state index contributed by atoms with van der Waals surface area (Å²) in [5.74, 6) is 0.537. The highest BCUT2D eigenvalue weighted by atomic mass is 16.5. The third kappa shape index (κ3) is 4.50. The molecule has 30 heavy (non-hydrogen) atoms. The molecule has 0 aliphatic heterocycles. The molecule has 0 atom stereocenters. The first-order chi connectivity index (χ1) is 14.6. The van der Waals surface area contributed by atoms with Crippen molar-refractivity contribution < 1.29 is 19.4 Å². The number of ether oxygens (including phenoxy) is 2. The van der Waals surface area contributed by atoms with Crippen molar-refractivity contribution in [3.05, 3.63) is 95.6 Å². The molecule has 0 aromatic heterocycles. The second kappa shape index (κ2) is 9.71. The molecule has 6 heteroatoms. The average molecular weight is 404 g/mol. The number of hydrogen-bond donors (Lipinski definition) is 2. The van der Waals surface area contributed by atoms with Crippen LogP contribution in [0.2, 0.25) is 0 Å². The normalized spacial score (nSPS) is 11.3. The molecule has 0 unspecified atom stereocenters. The summed E-state index contributed by atoms with van der Waals surface area (Å²) in [5.41, 5.74) is 2.18. The van der Waals surface area contributed by atoms with Gasteiger partial charge in [0.25, 0.3) is 5.91 Å². The summed E-state index contributed by atoms with van der Waals surface area (Å²) in [4.78, 5) is 13.0. The number of hydrazone groups is 1. The lowest BCUT2D eigenvalue weighted by Crippen LogP contribution is -2.43. The molecule has 3 aromatic carbocycles. The van der Waals surface area contributed by atoms with Crippen molar-refractivity contribution in [3.8, 4) is 11.5 Å². The van der Waals surface area contributed by atoms with Gasteiger partial charge in [0, 0.05) is 0 Å². The van der Waals surface area contributed by atoms with E-state index in [9.17, 15) is 9.90 Å². The highest BCUT2D eigenvalue weighted by Gasteiger charge is 2.39. The monoisotopic (exact) mass is 404 g/mol. The number of amides is 1. The smallest absolute Gasteiger partial charge is 0.281 e. The van der Waals surface area contributed by atoms with E-state index < -0.39 is 11.5 Å². The number of carbonyl (C=O) groups excluding carboxylic acids is 1. The predicted molar refractivity (Wildman–Crippen MR) is 116 cm³/mol. The number of nitrogens with zero attached hydrogens (tertiary/aromatic N) is 1. The van der Waals surface area contributed by atoms with E-state index in [2.05, 4.69) is 10.5 Å². The van der Waals surface area contributed by atoms with Gasteiger partial charge in [-0.1, -0.05) is 60.7 Å². The van der Waals surface area contributed by atoms with Crippen molar-refractivity contribution in [3.63, 3.8) is 0 Å². The minimum absolute atomic E-state index is 0.451. The van der Waals surface area contributed by atoms with Crippen LogP contribution >= 0.6 is 0 Å². The van der Waals surface area contributed by atoms with Crippen LogP contribution in [0.15, 0.2) is 84.0 Å². The van der Waals surface area contributed by atoms with Crippen molar-refractivity contribution in [1.82, 2.24) is 5.43 Å². The zero-order valence-corrected chi connectivity index (χ0v) is 16.9. The molecule has 0 bridgehead atoms. The SMILES string of the molecule is CCOc1ccc(/C=N\NC(=O)C(O)(c2ccccc2)c2ccccc2)cc1OC. The van der Waals surface area contributed by atoms with Gasteiger partial charge in [0.05, 0.1) is 19.9 Å². The third-order valence-corrected chi connectivity index (χ3v) is 4.58. The summed E-state index contributed by atoms with van der Waals surface area (Å²) in [6.45, 7) is 2.42. The highest BCUT2D eigenvalue weighted by molar-refractivity contribution is 5.91. The number of benzene rings is 3. The first-order valence-corrected chi connectivity index (χ1v) is 9.57. The summed E-state index contributed by atoms with van der Waals surface area (Å²) in [6, 6.07) is 22.9. The van der Waals surface area contributed by atoms with E-state index in [1.165, 1.54) is 6.21 Å². The average Bonchev–Trinajstić information content (AvgIpc) is 2.80. The molecule has 0 heterocycles. The summed E-state index contributed by atoms with van der Waals surface area (Å²) in [7, 11) is 1.56. The van der Waals surface area contributed by atoms with Gasteiger partial charge in [0.1, 0.15) is 0 Å². The van der Waals surface area contributed by atoms with Crippen LogP contribution in [0.3, 0.4) is 0 Å². The van der Waals surface area contributed by atoms with Crippen molar-refractivity contribution in [2.45, 2.75) is 12.5 Å². The van der Waals surface area contributed by atoms with Crippen molar-refractivity contribution in [2.75, 3.05) is 13.7 Å². The summed E-state index contributed by atoms with van der Waals surface area (Å²) >= 11 is 0. The van der Waals surface area contributed by atoms with Gasteiger partial charge in [-0.15, -0.1) is 0 Å². The topological polar surface area (TPSA) is 80.2 Å². The quantitative estimate of drug-likeness (QED) is 0.445. The van der Waals surface area contributed by atoms with Gasteiger partial charge >= 0.3 is 0 Å². The lowest BCUT2D eigenvalue weighted by Gasteiger charge is -2.27. The maximum atomic E-state index is 13.0. The lowest BCUT2D eigenvalue weighted by atomic mass is 9.85. The van der Waals surface area contributed by atoms with Gasteiger partial charge in [-0.25, -0.2) is 5.43 Å². The van der Waals surface area contributed by atoms with Crippen LogP contribution in [0.5, 0.6) is 11.5 Å². The zero-order chi connectivity index (χ0) is 21.4. The van der Waals surface area contributed by atoms with Gasteiger partial charge in [-0.3, -0.25) is 4.79 Å². The van der Waals surface area contributed by atoms with E-state index >= 15 is 0 Å². The molecule has 0 saturated carbocycles. The molecule has 3 aromatic rings. The van der Waals surface area contributed by atoms with E-state index in [-0.39, 0.29) is 0 Å². The molecule has 0 fully saturated rings. The highest BCUT2D eigenvalue weighted by Crippen LogP contribution is 2.30. The van der Waals surface area contributed by atoms with Crippen molar-refractivity contribution in [2.24, 2.45) is 5.10 Å². The Balaban J connectivity index is 1.84. The number of hydrogen-bond acceptors (Lipinski definition) is 5. The van der Waals surface area contributed by atoms with E-state index in [1.807, 2.05) is 19.1 Å². The van der Waals surface area contributed by atoms with Crippen LogP contribution < -0.4 is 14.9 Å². The molecule has 2 N–H and O–H groups in total. The van der Waals surface area contributed by atoms with Crippen LogP contribution in [0.4, 0.5) is 0 Å². The molecule has 6 nitrogen and oxygen atoms in total. The molecule has 0 radical (unpaired) electrons. The van der Waals surface area contributed by atoms with Crippen LogP contribution in [-0.2, 0) is 10.4 Å². The van der Waals surface area contributed by atoms with Crippen molar-refractivity contribution in [1.29, 1.82) is 0 Å². The number of nitrogens with one attached hydrogen (secondary N) is 1. The first-order valence-electron chi connectivity index (χ1n) is 9.57. The third-order valence-electron chi connectivity index (χ3n) is 4.58. The molecule has 154 valence electrons. The van der Waals surface area contributed by atoms with E-state index in [0.29, 0.717) is 34.8 Å². The minimum Gasteiger partial charge on any atom is -0.493 e. The van der Waals surface area contributed by atoms with Gasteiger partial charge in [0.2, 0.25) is 0 Å². The van der Waals surface area contributed by atoms with Gasteiger partial charge < -0.3 is 14.6 Å². The first kappa shape index (κ1) is 21.1. The van der Waals surface area contributed by atoms with E-state index in [4.69, 9.17) is 9.47 Å². The Morgan fingerprint density at radius 3 is 2.13 bits per heavy atom. The molecule has 1 amide bonds. The van der Waals surface area contributed by atoms with Crippen LogP contribution in [0.1, 0.15) is 23.6 Å². The zero-order valence-electron chi connectivity index (χ0n) is 16.9. The Morgan fingerprint density at radius 1 is 1.00 bits per heavy atom. The van der Waals surface area contributed by atoms with Gasteiger partial charge in [-0.2, -0.15) is 5.10 Å². The molecule has 0 saturated heterocycles. The van der Waals surface area contributed by atoms with Crippen LogP contribution in [0, 0.1) is 0 Å². The minimum atomic E-state index is -1.88. The summed E-state index contributed by atoms with van der Waals surface area (Å²) < 4.78 is 10.8. The number of rotatable bonds is 8. The Labute approximate surface area is 175 Å². The lowest BCUT2D eigenvalue weighted by molar-refractivity contribution is -0.136. The van der Waals surface area contributed by atoms with Crippen LogP contribution in [0.25, 0.3) is 0 Å². The standard InChI is InChI=1S/C24H24N2O4/c1-3-30-21-15-14-18(16-22(21)29-2)17-25-26-23(27)24(28,19-10-6-4-7-11-19)20-12-8-5-9-13-20/h4-17,28H,3H2,1-2H3,(H,26,27)/b25-17-. The fourth-order valence-corrected chi connectivity index (χ4v) is 3.07. The Morgan fingerprint density at radius 2 is 1.60 bits per heavy atom. The Bertz CT molecular complexity index is 965. The molecule has 0 aliphatic rings. The molecule has 0 aliphatic carbocycles. The number of aliphatic hydroxyl groups is 1. The summed E-state index contributed by atoms with van der Waals surface area (Å²) in [5, 5.41) is 15.4. The van der Waals surface area contributed by atoms with E-state index in [1.54, 1.807) is 73.8 Å². The second-order valence-electron chi connectivity index (χ2n) is 6.48. The fraction of sp³-hybridized carbons (Fsp3) is 0.167. The molecule has 0 spiro atoms. The number of carbonyl (C=O) groups is 1. The largest absolute Gasteiger partial charge is 0.493 e. The predicted octanol–water partition coefficient (Wildman–Crippen LogP) is 3.48. The van der Waals surface area contributed by atoms with Crippen molar-refractivity contribution >= 4 is 12.1 Å². The molecule has 3 rings (SSSR count). The fourth-order valence-electron chi connectivity index (χ4n) is 3.07. The number of methoxy groups -OCH3 is 1. The second-order valence-corrected chi connectivity index (χ2v) is 6.48. The van der Waals surface area contributed by atoms with Crippen LogP contribution in [-0.4, -0.2) is 30.9 Å². The Kier molecular flexibility index (Phi) is 6.83. The summed E-state index contributed by atoms with van der Waals surface area (Å²) in [6.07, 6.45) is 1.48. The van der Waals surface area contributed by atoms with E-state index in [0.717, 1.165) is 0 Å². The molecular weight excluding hydrogens is 380 g/mol. The Hall–Kier alpha value is -3.64.